The van der Waals surface area contributed by atoms with Gasteiger partial charge in [0, 0.05) is 19.6 Å². The van der Waals surface area contributed by atoms with Crippen molar-refractivity contribution in [3.8, 4) is 0 Å². The zero-order chi connectivity index (χ0) is 15.0. The molecule has 0 aromatic heterocycles. The first-order valence-electron chi connectivity index (χ1n) is 7.69. The van der Waals surface area contributed by atoms with Crippen LogP contribution in [0.3, 0.4) is 0 Å². The van der Waals surface area contributed by atoms with Crippen LogP contribution in [0.4, 0.5) is 0 Å². The molecule has 20 heavy (non-hydrogen) atoms. The molecule has 0 fully saturated rings. The SMILES string of the molecule is CCN(C)CCNCC(O)c1ccc(CC(C)C)cc1. The first kappa shape index (κ1) is 17.2. The van der Waals surface area contributed by atoms with E-state index in [4.69, 9.17) is 0 Å². The van der Waals surface area contributed by atoms with E-state index < -0.39 is 6.10 Å². The summed E-state index contributed by atoms with van der Waals surface area (Å²) in [5.41, 5.74) is 2.34. The van der Waals surface area contributed by atoms with Gasteiger partial charge in [-0.25, -0.2) is 0 Å². The average Bonchev–Trinajstić information content (AvgIpc) is 2.43. The first-order chi connectivity index (χ1) is 9.52. The molecule has 0 bridgehead atoms. The van der Waals surface area contributed by atoms with Gasteiger partial charge in [0.25, 0.3) is 0 Å². The maximum absolute atomic E-state index is 10.1. The first-order valence-corrected chi connectivity index (χ1v) is 7.69. The maximum Gasteiger partial charge on any atom is 0.0914 e. The van der Waals surface area contributed by atoms with Crippen LogP contribution in [0.1, 0.15) is 38.0 Å². The van der Waals surface area contributed by atoms with Crippen LogP contribution in [0, 0.1) is 5.92 Å². The standard InChI is InChI=1S/C17H30N2O/c1-5-19(4)11-10-18-13-17(20)16-8-6-15(7-9-16)12-14(2)3/h6-9,14,17-18,20H,5,10-13H2,1-4H3. The molecule has 0 radical (unpaired) electrons. The van der Waals surface area contributed by atoms with Crippen molar-refractivity contribution in [1.29, 1.82) is 0 Å². The van der Waals surface area contributed by atoms with E-state index in [0.29, 0.717) is 12.5 Å². The highest BCUT2D eigenvalue weighted by atomic mass is 16.3. The van der Waals surface area contributed by atoms with E-state index in [-0.39, 0.29) is 0 Å². The Hall–Kier alpha value is -0.900. The smallest absolute Gasteiger partial charge is 0.0914 e. The third kappa shape index (κ3) is 6.51. The minimum absolute atomic E-state index is 0.421. The minimum atomic E-state index is -0.421. The van der Waals surface area contributed by atoms with Gasteiger partial charge < -0.3 is 15.3 Å². The van der Waals surface area contributed by atoms with Crippen LogP contribution in [0.5, 0.6) is 0 Å². The molecule has 0 heterocycles. The normalized spacial score (nSPS) is 13.2. The van der Waals surface area contributed by atoms with Gasteiger partial charge in [0.2, 0.25) is 0 Å². The van der Waals surface area contributed by atoms with Crippen LogP contribution < -0.4 is 5.32 Å². The number of aliphatic hydroxyl groups is 1. The number of likely N-dealkylation sites (N-methyl/N-ethyl adjacent to an activating group) is 1. The summed E-state index contributed by atoms with van der Waals surface area (Å²) >= 11 is 0. The molecule has 1 aromatic carbocycles. The Kier molecular flexibility index (Phi) is 7.82. The van der Waals surface area contributed by atoms with Gasteiger partial charge in [-0.05, 0) is 37.1 Å². The molecule has 3 heteroatoms. The largest absolute Gasteiger partial charge is 0.387 e. The Morgan fingerprint density at radius 1 is 1.20 bits per heavy atom. The number of aliphatic hydroxyl groups excluding tert-OH is 1. The highest BCUT2D eigenvalue weighted by Gasteiger charge is 2.07. The lowest BCUT2D eigenvalue weighted by molar-refractivity contribution is 0.173. The lowest BCUT2D eigenvalue weighted by Crippen LogP contribution is -2.31. The molecule has 1 rings (SSSR count). The third-order valence-corrected chi connectivity index (χ3v) is 3.56. The van der Waals surface area contributed by atoms with Crippen LogP contribution in [0.2, 0.25) is 0 Å². The molecule has 1 unspecified atom stereocenters. The van der Waals surface area contributed by atoms with Gasteiger partial charge in [-0.1, -0.05) is 45.0 Å². The number of hydrogen-bond donors (Lipinski definition) is 2. The lowest BCUT2D eigenvalue weighted by Gasteiger charge is -2.16. The van der Waals surface area contributed by atoms with E-state index in [1.165, 1.54) is 5.56 Å². The highest BCUT2D eigenvalue weighted by molar-refractivity contribution is 5.24. The molecular weight excluding hydrogens is 248 g/mol. The number of nitrogens with zero attached hydrogens (tertiary/aromatic N) is 1. The highest BCUT2D eigenvalue weighted by Crippen LogP contribution is 2.15. The summed E-state index contributed by atoms with van der Waals surface area (Å²) < 4.78 is 0. The van der Waals surface area contributed by atoms with E-state index in [2.05, 4.69) is 50.2 Å². The van der Waals surface area contributed by atoms with Crippen molar-refractivity contribution in [1.82, 2.24) is 10.2 Å². The van der Waals surface area contributed by atoms with Gasteiger partial charge >= 0.3 is 0 Å². The minimum Gasteiger partial charge on any atom is -0.387 e. The van der Waals surface area contributed by atoms with Crippen molar-refractivity contribution >= 4 is 0 Å². The zero-order valence-corrected chi connectivity index (χ0v) is 13.4. The fourth-order valence-corrected chi connectivity index (χ4v) is 2.13. The van der Waals surface area contributed by atoms with Crippen molar-refractivity contribution in [2.24, 2.45) is 5.92 Å². The molecule has 3 nitrogen and oxygen atoms in total. The molecule has 0 saturated heterocycles. The van der Waals surface area contributed by atoms with E-state index in [0.717, 1.165) is 31.6 Å². The second-order valence-electron chi connectivity index (χ2n) is 5.96. The Balaban J connectivity index is 2.34. The van der Waals surface area contributed by atoms with Gasteiger partial charge in [0.15, 0.2) is 0 Å². The van der Waals surface area contributed by atoms with Crippen molar-refractivity contribution in [3.05, 3.63) is 35.4 Å². The second kappa shape index (κ2) is 9.11. The number of hydrogen-bond acceptors (Lipinski definition) is 3. The lowest BCUT2D eigenvalue weighted by atomic mass is 10.0. The van der Waals surface area contributed by atoms with Crippen molar-refractivity contribution in [2.75, 3.05) is 33.2 Å². The van der Waals surface area contributed by atoms with Crippen LogP contribution >= 0.6 is 0 Å². The molecule has 0 saturated carbocycles. The molecule has 0 aliphatic rings. The molecular formula is C17H30N2O. The third-order valence-electron chi connectivity index (χ3n) is 3.56. The average molecular weight is 278 g/mol. The summed E-state index contributed by atoms with van der Waals surface area (Å²) in [7, 11) is 2.10. The fraction of sp³-hybridized carbons (Fsp3) is 0.647. The Morgan fingerprint density at radius 2 is 1.85 bits per heavy atom. The maximum atomic E-state index is 10.1. The molecule has 0 amide bonds. The van der Waals surface area contributed by atoms with Gasteiger partial charge in [0.1, 0.15) is 0 Å². The van der Waals surface area contributed by atoms with Crippen LogP contribution in [-0.2, 0) is 6.42 Å². The van der Waals surface area contributed by atoms with Crippen LogP contribution in [0.15, 0.2) is 24.3 Å². The quantitative estimate of drug-likeness (QED) is 0.681. The molecule has 2 N–H and O–H groups in total. The van der Waals surface area contributed by atoms with Crippen molar-refractivity contribution in [3.63, 3.8) is 0 Å². The van der Waals surface area contributed by atoms with Crippen molar-refractivity contribution < 1.29 is 5.11 Å². The molecule has 0 aliphatic carbocycles. The number of rotatable bonds is 9. The monoisotopic (exact) mass is 278 g/mol. The summed E-state index contributed by atoms with van der Waals surface area (Å²) in [6, 6.07) is 8.34. The van der Waals surface area contributed by atoms with Crippen molar-refractivity contribution in [2.45, 2.75) is 33.3 Å². The predicted molar refractivity (Wildman–Crippen MR) is 86.0 cm³/mol. The summed E-state index contributed by atoms with van der Waals surface area (Å²) in [5, 5.41) is 13.4. The van der Waals surface area contributed by atoms with E-state index >= 15 is 0 Å². The van der Waals surface area contributed by atoms with Gasteiger partial charge in [0.05, 0.1) is 6.10 Å². The number of benzene rings is 1. The van der Waals surface area contributed by atoms with E-state index in [9.17, 15) is 5.11 Å². The fourth-order valence-electron chi connectivity index (χ4n) is 2.13. The van der Waals surface area contributed by atoms with Gasteiger partial charge in [-0.2, -0.15) is 0 Å². The predicted octanol–water partition coefficient (Wildman–Crippen LogP) is 2.46. The summed E-state index contributed by atoms with van der Waals surface area (Å²) in [5.74, 6) is 0.669. The van der Waals surface area contributed by atoms with Crippen LogP contribution in [0.25, 0.3) is 0 Å². The Labute approximate surface area is 124 Å². The second-order valence-corrected chi connectivity index (χ2v) is 5.96. The zero-order valence-electron chi connectivity index (χ0n) is 13.4. The molecule has 0 spiro atoms. The molecule has 0 aliphatic heterocycles. The Morgan fingerprint density at radius 3 is 2.40 bits per heavy atom. The summed E-state index contributed by atoms with van der Waals surface area (Å²) in [6.45, 7) is 10.2. The molecule has 1 aromatic rings. The number of nitrogens with one attached hydrogen (secondary N) is 1. The van der Waals surface area contributed by atoms with E-state index in [1.807, 2.05) is 12.1 Å². The topological polar surface area (TPSA) is 35.5 Å². The summed E-state index contributed by atoms with van der Waals surface area (Å²) in [4.78, 5) is 2.25. The summed E-state index contributed by atoms with van der Waals surface area (Å²) in [6.07, 6.45) is 0.674. The van der Waals surface area contributed by atoms with Gasteiger partial charge in [-0.15, -0.1) is 0 Å². The Bertz CT molecular complexity index is 362. The molecule has 114 valence electrons. The van der Waals surface area contributed by atoms with E-state index in [1.54, 1.807) is 0 Å². The van der Waals surface area contributed by atoms with Crippen LogP contribution in [-0.4, -0.2) is 43.2 Å². The molecule has 1 atom stereocenters. The van der Waals surface area contributed by atoms with Gasteiger partial charge in [-0.3, -0.25) is 0 Å².